The van der Waals surface area contributed by atoms with Gasteiger partial charge in [-0.15, -0.1) is 13.2 Å². The van der Waals surface area contributed by atoms with Crippen LogP contribution in [0.25, 0.3) is 0 Å². The zero-order valence-corrected chi connectivity index (χ0v) is 8.30. The molecule has 8 heteroatoms. The van der Waals surface area contributed by atoms with Crippen molar-refractivity contribution >= 4 is 0 Å². The summed E-state index contributed by atoms with van der Waals surface area (Å²) in [6.07, 6.45) is -4.92. The van der Waals surface area contributed by atoms with E-state index in [2.05, 4.69) is 9.47 Å². The molecule has 0 aliphatic carbocycles. The molecular weight excluding hydrogens is 249 g/mol. The van der Waals surface area contributed by atoms with Crippen molar-refractivity contribution in [2.75, 3.05) is 0 Å². The summed E-state index contributed by atoms with van der Waals surface area (Å²) in [6, 6.07) is 2.91. The van der Waals surface area contributed by atoms with E-state index in [1.807, 2.05) is 0 Å². The van der Waals surface area contributed by atoms with Crippen LogP contribution in [0.1, 0.15) is 5.56 Å². The predicted molar refractivity (Wildman–Crippen MR) is 47.6 cm³/mol. The number of ether oxygens (including phenoxy) is 2. The molecule has 1 aromatic rings. The summed E-state index contributed by atoms with van der Waals surface area (Å²) in [4.78, 5) is 0. The van der Waals surface area contributed by atoms with Gasteiger partial charge in [0, 0.05) is 18.2 Å². The summed E-state index contributed by atoms with van der Waals surface area (Å²) in [5, 5.41) is 0. The van der Waals surface area contributed by atoms with Gasteiger partial charge in [0.1, 0.15) is 11.5 Å². The average molecular weight is 257 g/mol. The van der Waals surface area contributed by atoms with Crippen LogP contribution in [0.3, 0.4) is 0 Å². The Bertz CT molecular complexity index is 380. The van der Waals surface area contributed by atoms with E-state index in [1.54, 1.807) is 0 Å². The second kappa shape index (κ2) is 5.17. The fraction of sp³-hybridized carbons (Fsp3) is 0.333. The zero-order chi connectivity index (χ0) is 13.1. The third-order valence-electron chi connectivity index (χ3n) is 1.71. The topological polar surface area (TPSA) is 44.5 Å². The quantitative estimate of drug-likeness (QED) is 0.843. The first-order chi connectivity index (χ1) is 7.81. The van der Waals surface area contributed by atoms with Crippen LogP contribution in [0.2, 0.25) is 0 Å². The van der Waals surface area contributed by atoms with Crippen LogP contribution >= 0.6 is 0 Å². The van der Waals surface area contributed by atoms with E-state index in [0.29, 0.717) is 6.07 Å². The van der Waals surface area contributed by atoms with E-state index in [4.69, 9.17) is 5.73 Å². The van der Waals surface area contributed by atoms with E-state index in [0.717, 1.165) is 12.1 Å². The van der Waals surface area contributed by atoms with Gasteiger partial charge in [-0.2, -0.15) is 8.78 Å². The Balaban J connectivity index is 2.98. The molecule has 0 saturated heterocycles. The molecule has 0 atom stereocenters. The van der Waals surface area contributed by atoms with E-state index < -0.39 is 24.5 Å². The lowest BCUT2D eigenvalue weighted by Crippen LogP contribution is -2.19. The Kier molecular flexibility index (Phi) is 4.11. The fourth-order valence-corrected chi connectivity index (χ4v) is 1.10. The molecule has 0 heterocycles. The molecule has 0 aliphatic heterocycles. The van der Waals surface area contributed by atoms with Gasteiger partial charge < -0.3 is 15.2 Å². The molecule has 0 bridgehead atoms. The molecule has 0 amide bonds. The predicted octanol–water partition coefficient (Wildman–Crippen LogP) is 2.65. The Hall–Kier alpha value is -1.57. The maximum Gasteiger partial charge on any atom is 0.573 e. The lowest BCUT2D eigenvalue weighted by Gasteiger charge is -2.13. The van der Waals surface area contributed by atoms with Gasteiger partial charge >= 0.3 is 13.0 Å². The Morgan fingerprint density at radius 3 is 2.35 bits per heavy atom. The molecule has 3 nitrogen and oxygen atoms in total. The van der Waals surface area contributed by atoms with Crippen molar-refractivity contribution < 1.29 is 31.4 Å². The molecule has 0 aromatic heterocycles. The van der Waals surface area contributed by atoms with Crippen LogP contribution in [-0.4, -0.2) is 13.0 Å². The van der Waals surface area contributed by atoms with Gasteiger partial charge in [-0.25, -0.2) is 0 Å². The molecule has 2 N–H and O–H groups in total. The second-order valence-corrected chi connectivity index (χ2v) is 2.90. The van der Waals surface area contributed by atoms with Gasteiger partial charge in [0.2, 0.25) is 0 Å². The molecule has 0 saturated carbocycles. The Labute approximate surface area is 92.9 Å². The molecule has 17 heavy (non-hydrogen) atoms. The maximum absolute atomic E-state index is 12.0. The molecule has 0 unspecified atom stereocenters. The van der Waals surface area contributed by atoms with E-state index >= 15 is 0 Å². The minimum Gasteiger partial charge on any atom is -0.435 e. The monoisotopic (exact) mass is 257 g/mol. The Morgan fingerprint density at radius 1 is 1.24 bits per heavy atom. The van der Waals surface area contributed by atoms with Crippen LogP contribution in [0.15, 0.2) is 18.2 Å². The first kappa shape index (κ1) is 13.5. The first-order valence-corrected chi connectivity index (χ1v) is 4.35. The molecule has 0 spiro atoms. The lowest BCUT2D eigenvalue weighted by molar-refractivity contribution is -0.274. The normalized spacial score (nSPS) is 11.7. The number of hydrogen-bond donors (Lipinski definition) is 1. The van der Waals surface area contributed by atoms with E-state index in [9.17, 15) is 22.0 Å². The molecule has 1 aromatic carbocycles. The van der Waals surface area contributed by atoms with Crippen molar-refractivity contribution in [1.29, 1.82) is 0 Å². The van der Waals surface area contributed by atoms with Gasteiger partial charge in [-0.05, 0) is 6.07 Å². The summed E-state index contributed by atoms with van der Waals surface area (Å²) in [7, 11) is 0. The summed E-state index contributed by atoms with van der Waals surface area (Å²) in [5.41, 5.74) is 5.22. The van der Waals surface area contributed by atoms with Crippen LogP contribution in [0, 0.1) is 0 Å². The van der Waals surface area contributed by atoms with Gasteiger partial charge in [0.05, 0.1) is 0 Å². The molecule has 1 rings (SSSR count). The van der Waals surface area contributed by atoms with E-state index in [1.165, 1.54) is 0 Å². The largest absolute Gasteiger partial charge is 0.573 e. The molecule has 96 valence electrons. The van der Waals surface area contributed by atoms with Crippen molar-refractivity contribution in [2.45, 2.75) is 19.5 Å². The highest BCUT2D eigenvalue weighted by Gasteiger charge is 2.32. The summed E-state index contributed by atoms with van der Waals surface area (Å²) in [5.74, 6) is -1.09. The summed E-state index contributed by atoms with van der Waals surface area (Å²) in [6.45, 7) is -3.35. The average Bonchev–Trinajstić information content (AvgIpc) is 2.14. The number of benzene rings is 1. The first-order valence-electron chi connectivity index (χ1n) is 4.35. The minimum atomic E-state index is -4.92. The number of halogens is 5. The second-order valence-electron chi connectivity index (χ2n) is 2.90. The van der Waals surface area contributed by atoms with Gasteiger partial charge in [-0.3, -0.25) is 0 Å². The minimum absolute atomic E-state index is 0.0314. The van der Waals surface area contributed by atoms with Gasteiger partial charge in [-0.1, -0.05) is 6.07 Å². The SMILES string of the molecule is NCc1ccc(OC(F)F)cc1OC(F)(F)F. The Morgan fingerprint density at radius 2 is 1.88 bits per heavy atom. The van der Waals surface area contributed by atoms with Gasteiger partial charge in [0.25, 0.3) is 0 Å². The number of rotatable bonds is 4. The summed E-state index contributed by atoms with van der Waals surface area (Å²) < 4.78 is 67.3. The standard InChI is InChI=1S/C9H8F5NO2/c10-8(11)16-6-2-1-5(4-15)7(3-6)17-9(12,13)14/h1-3,8H,4,15H2. The van der Waals surface area contributed by atoms with Crippen molar-refractivity contribution in [3.8, 4) is 11.5 Å². The third kappa shape index (κ3) is 4.43. The molecule has 0 radical (unpaired) electrons. The van der Waals surface area contributed by atoms with Crippen LogP contribution in [-0.2, 0) is 6.54 Å². The lowest BCUT2D eigenvalue weighted by atomic mass is 10.2. The number of nitrogens with two attached hydrogens (primary N) is 1. The molecular formula is C9H8F5NO2. The van der Waals surface area contributed by atoms with Crippen molar-refractivity contribution in [1.82, 2.24) is 0 Å². The maximum atomic E-state index is 12.0. The zero-order valence-electron chi connectivity index (χ0n) is 8.30. The van der Waals surface area contributed by atoms with Gasteiger partial charge in [0.15, 0.2) is 0 Å². The van der Waals surface area contributed by atoms with Crippen LogP contribution in [0.5, 0.6) is 11.5 Å². The number of hydrogen-bond acceptors (Lipinski definition) is 3. The van der Waals surface area contributed by atoms with Crippen LogP contribution in [0.4, 0.5) is 22.0 Å². The summed E-state index contributed by atoms with van der Waals surface area (Å²) >= 11 is 0. The third-order valence-corrected chi connectivity index (χ3v) is 1.71. The van der Waals surface area contributed by atoms with Crippen molar-refractivity contribution in [3.63, 3.8) is 0 Å². The molecule has 0 aliphatic rings. The highest BCUT2D eigenvalue weighted by Crippen LogP contribution is 2.30. The van der Waals surface area contributed by atoms with E-state index in [-0.39, 0.29) is 12.1 Å². The van der Waals surface area contributed by atoms with Crippen molar-refractivity contribution in [3.05, 3.63) is 23.8 Å². The molecule has 0 fully saturated rings. The number of alkyl halides is 5. The van der Waals surface area contributed by atoms with Crippen molar-refractivity contribution in [2.24, 2.45) is 5.73 Å². The highest BCUT2D eigenvalue weighted by molar-refractivity contribution is 5.40. The fourth-order valence-electron chi connectivity index (χ4n) is 1.10. The van der Waals surface area contributed by atoms with Crippen LogP contribution < -0.4 is 15.2 Å². The smallest absolute Gasteiger partial charge is 0.435 e. The highest BCUT2D eigenvalue weighted by atomic mass is 19.4.